The Morgan fingerprint density at radius 3 is 2.62 bits per heavy atom. The quantitative estimate of drug-likeness (QED) is 0.389. The molecule has 0 bridgehead atoms. The van der Waals surface area contributed by atoms with Crippen LogP contribution in [0.5, 0.6) is 0 Å². The average molecular weight is 587 g/mol. The van der Waals surface area contributed by atoms with Gasteiger partial charge in [-0.2, -0.15) is 0 Å². The van der Waals surface area contributed by atoms with Crippen molar-refractivity contribution < 1.29 is 24.2 Å². The van der Waals surface area contributed by atoms with E-state index in [1.807, 2.05) is 58.1 Å². The molecule has 2 saturated heterocycles. The van der Waals surface area contributed by atoms with Gasteiger partial charge in [-0.25, -0.2) is 0 Å². The van der Waals surface area contributed by atoms with Crippen molar-refractivity contribution in [2.45, 2.75) is 75.0 Å². The molecule has 1 N–H and O–H groups in total. The van der Waals surface area contributed by atoms with E-state index in [0.717, 1.165) is 31.2 Å². The van der Waals surface area contributed by atoms with Gasteiger partial charge in [0.25, 0.3) is 5.91 Å². The Morgan fingerprint density at radius 1 is 1.15 bits per heavy atom. The van der Waals surface area contributed by atoms with Crippen molar-refractivity contribution in [2.75, 3.05) is 24.7 Å². The van der Waals surface area contributed by atoms with Crippen LogP contribution in [0.3, 0.4) is 0 Å². The Morgan fingerprint density at radius 2 is 1.93 bits per heavy atom. The molecule has 2 amide bonds. The number of anilines is 1. The first-order valence-corrected chi connectivity index (χ1v) is 15.5. The molecule has 7 atom stereocenters. The number of aliphatic hydroxyl groups is 1. The summed E-state index contributed by atoms with van der Waals surface area (Å²) in [6.45, 7) is 8.21. The van der Waals surface area contributed by atoms with Crippen molar-refractivity contribution in [3.63, 3.8) is 0 Å². The summed E-state index contributed by atoms with van der Waals surface area (Å²) in [5.41, 5.74) is 1.47. The van der Waals surface area contributed by atoms with Gasteiger partial charge in [0.15, 0.2) is 0 Å². The number of likely N-dealkylation sites (tertiary alicyclic amines) is 1. The number of hydrogen-bond donors (Lipinski definition) is 1. The number of para-hydroxylation sites is 1. The number of carbonyl (C=O) groups excluding carboxylic acids is 3. The van der Waals surface area contributed by atoms with E-state index in [2.05, 4.69) is 6.08 Å². The summed E-state index contributed by atoms with van der Waals surface area (Å²) in [6, 6.07) is 4.02. The molecule has 9 heteroatoms. The largest absolute Gasteiger partial charge is 0.465 e. The van der Waals surface area contributed by atoms with E-state index in [-0.39, 0.29) is 30.9 Å². The predicted molar refractivity (Wildman–Crippen MR) is 158 cm³/mol. The van der Waals surface area contributed by atoms with Crippen LogP contribution in [0.25, 0.3) is 0 Å². The lowest BCUT2D eigenvalue weighted by molar-refractivity contribution is -0.155. The minimum absolute atomic E-state index is 0.0624. The summed E-state index contributed by atoms with van der Waals surface area (Å²) in [7, 11) is 0. The number of benzene rings is 1. The molecule has 1 unspecified atom stereocenters. The van der Waals surface area contributed by atoms with Gasteiger partial charge >= 0.3 is 5.97 Å². The summed E-state index contributed by atoms with van der Waals surface area (Å²) in [6.07, 6.45) is 11.3. The van der Waals surface area contributed by atoms with Gasteiger partial charge in [-0.05, 0) is 50.7 Å². The van der Waals surface area contributed by atoms with Crippen molar-refractivity contribution in [2.24, 2.45) is 17.8 Å². The van der Waals surface area contributed by atoms with Crippen LogP contribution < -0.4 is 4.90 Å². The fraction of sp³-hybridized carbons (Fsp3) is 0.581. The molecule has 7 nitrogen and oxygen atoms in total. The molecular weight excluding hydrogens is 548 g/mol. The molecule has 4 aliphatic heterocycles. The zero-order valence-electron chi connectivity index (χ0n) is 23.6. The highest BCUT2D eigenvalue weighted by molar-refractivity contribution is 8.02. The molecule has 40 heavy (non-hydrogen) atoms. The van der Waals surface area contributed by atoms with E-state index >= 15 is 0 Å². The van der Waals surface area contributed by atoms with Gasteiger partial charge in [0.2, 0.25) is 5.91 Å². The Kier molecular flexibility index (Phi) is 8.16. The summed E-state index contributed by atoms with van der Waals surface area (Å²) in [4.78, 5) is 46.4. The molecular formula is C31H39ClN2O5S. The molecule has 0 radical (unpaired) electrons. The topological polar surface area (TPSA) is 87.2 Å². The summed E-state index contributed by atoms with van der Waals surface area (Å²) in [5.74, 6) is -2.57. The molecule has 0 aromatic heterocycles. The lowest BCUT2D eigenvalue weighted by Crippen LogP contribution is -2.58. The number of amides is 2. The second-order valence-electron chi connectivity index (χ2n) is 11.7. The number of nitrogens with zero attached hydrogens (tertiary/aromatic N) is 2. The number of cyclic esters (lactones) is 1. The van der Waals surface area contributed by atoms with Crippen molar-refractivity contribution in [3.05, 3.63) is 53.1 Å². The number of carbonyl (C=O) groups is 3. The molecule has 0 aliphatic carbocycles. The molecule has 2 fully saturated rings. The number of ether oxygens (including phenoxy) is 1. The maximum atomic E-state index is 14.8. The number of hydrogen-bond acceptors (Lipinski definition) is 6. The van der Waals surface area contributed by atoms with Gasteiger partial charge in [0.05, 0.1) is 46.5 Å². The normalized spacial score (nSPS) is 34.5. The summed E-state index contributed by atoms with van der Waals surface area (Å²) in [5, 5.41) is 11.1. The third-order valence-electron chi connectivity index (χ3n) is 9.24. The number of fused-ring (bicyclic) bond motifs is 2. The fourth-order valence-electron chi connectivity index (χ4n) is 7.07. The molecule has 1 aromatic carbocycles. The SMILES string of the molecule is CC[C@H](C)[C@H](CO)N1C(=O)[C@@H]2[C@H]3C(=O)OCCCC/C=C\[C@@]3(C)S[C@@]23C=CCN(c2c(C)cccc2Cl)C(=O)C13. The van der Waals surface area contributed by atoms with Gasteiger partial charge in [0.1, 0.15) is 6.04 Å². The van der Waals surface area contributed by atoms with E-state index in [9.17, 15) is 19.5 Å². The number of allylic oxidation sites excluding steroid dienone is 1. The number of aliphatic hydroxyl groups excluding tert-OH is 1. The van der Waals surface area contributed by atoms with Gasteiger partial charge in [-0.1, -0.05) is 68.3 Å². The third kappa shape index (κ3) is 4.51. The van der Waals surface area contributed by atoms with Crippen molar-refractivity contribution in [3.8, 4) is 0 Å². The second-order valence-corrected chi connectivity index (χ2v) is 13.9. The van der Waals surface area contributed by atoms with Crippen LogP contribution in [0.1, 0.15) is 52.0 Å². The minimum atomic E-state index is -1.02. The standard InChI is InChI=1S/C31H39ClN2O5S/c1-5-19(2)22(18-35)34-26-28(37)33(25-20(3)12-10-13-21(25)32)16-11-15-31(26)23(27(34)36)24-29(38)39-17-9-7-6-8-14-30(24,4)40-31/h8,10-15,19,22-24,26,35H,5-7,9,16-18H2,1-4H3/b14-8-/t19-,22-,23-,24-,26?,30+,31-/m0/s1. The van der Waals surface area contributed by atoms with Crippen LogP contribution in [0.4, 0.5) is 5.69 Å². The van der Waals surface area contributed by atoms with Crippen molar-refractivity contribution >= 4 is 46.8 Å². The molecule has 1 aromatic rings. The maximum Gasteiger partial charge on any atom is 0.311 e. The number of halogens is 1. The first-order valence-electron chi connectivity index (χ1n) is 14.3. The second kappa shape index (κ2) is 11.2. The van der Waals surface area contributed by atoms with Gasteiger partial charge < -0.3 is 19.6 Å². The summed E-state index contributed by atoms with van der Waals surface area (Å²) >= 11 is 8.18. The zero-order chi connectivity index (χ0) is 28.8. The minimum Gasteiger partial charge on any atom is -0.465 e. The Bertz CT molecular complexity index is 1230. The Labute approximate surface area is 245 Å². The van der Waals surface area contributed by atoms with Crippen LogP contribution in [0, 0.1) is 24.7 Å². The number of aryl methyl sites for hydroxylation is 1. The van der Waals surface area contributed by atoms with E-state index in [1.165, 1.54) is 11.8 Å². The molecule has 4 heterocycles. The number of thioether (sulfide) groups is 1. The highest BCUT2D eigenvalue weighted by Gasteiger charge is 2.74. The number of rotatable bonds is 5. The number of esters is 1. The monoisotopic (exact) mass is 586 g/mol. The van der Waals surface area contributed by atoms with Crippen molar-refractivity contribution in [1.82, 2.24) is 4.90 Å². The lowest BCUT2D eigenvalue weighted by Gasteiger charge is -2.41. The van der Waals surface area contributed by atoms with E-state index in [4.69, 9.17) is 16.3 Å². The summed E-state index contributed by atoms with van der Waals surface area (Å²) < 4.78 is 3.99. The van der Waals surface area contributed by atoms with Crippen LogP contribution >= 0.6 is 23.4 Å². The third-order valence-corrected chi connectivity index (χ3v) is 11.3. The van der Waals surface area contributed by atoms with Crippen molar-refractivity contribution in [1.29, 1.82) is 0 Å². The van der Waals surface area contributed by atoms with Gasteiger partial charge in [-0.3, -0.25) is 14.4 Å². The molecule has 5 rings (SSSR count). The first-order chi connectivity index (χ1) is 19.1. The van der Waals surface area contributed by atoms with Crippen LogP contribution in [0.2, 0.25) is 5.02 Å². The lowest BCUT2D eigenvalue weighted by atomic mass is 9.74. The van der Waals surface area contributed by atoms with Crippen LogP contribution in [0.15, 0.2) is 42.5 Å². The Balaban J connectivity index is 1.71. The predicted octanol–water partition coefficient (Wildman–Crippen LogP) is 4.93. The average Bonchev–Trinajstić information content (AvgIpc) is 3.25. The first kappa shape index (κ1) is 29.2. The highest BCUT2D eigenvalue weighted by atomic mass is 35.5. The fourth-order valence-corrected chi connectivity index (χ4v) is 9.54. The van der Waals surface area contributed by atoms with Crippen LogP contribution in [-0.4, -0.2) is 69.1 Å². The molecule has 216 valence electrons. The maximum absolute atomic E-state index is 14.8. The molecule has 4 aliphatic rings. The van der Waals surface area contributed by atoms with E-state index < -0.39 is 39.4 Å². The Hall–Kier alpha value is -2.29. The smallest absolute Gasteiger partial charge is 0.311 e. The zero-order valence-corrected chi connectivity index (χ0v) is 25.2. The van der Waals surface area contributed by atoms with Gasteiger partial charge in [-0.15, -0.1) is 11.8 Å². The molecule has 0 saturated carbocycles. The highest BCUT2D eigenvalue weighted by Crippen LogP contribution is 2.65. The van der Waals surface area contributed by atoms with E-state index in [0.29, 0.717) is 17.3 Å². The van der Waals surface area contributed by atoms with Gasteiger partial charge in [0, 0.05) is 11.3 Å². The molecule has 1 spiro atoms. The van der Waals surface area contributed by atoms with Crippen LogP contribution in [-0.2, 0) is 19.1 Å². The van der Waals surface area contributed by atoms with E-state index in [1.54, 1.807) is 15.9 Å².